The fourth-order valence-electron chi connectivity index (χ4n) is 4.50. The molecule has 0 bridgehead atoms. The van der Waals surface area contributed by atoms with Gasteiger partial charge >= 0.3 is 6.03 Å². The van der Waals surface area contributed by atoms with Gasteiger partial charge in [-0.05, 0) is 87.4 Å². The number of benzene rings is 2. The van der Waals surface area contributed by atoms with Gasteiger partial charge in [-0.25, -0.2) is 22.9 Å². The summed E-state index contributed by atoms with van der Waals surface area (Å²) in [6, 6.07) is 11.7. The van der Waals surface area contributed by atoms with Crippen molar-refractivity contribution in [1.29, 1.82) is 0 Å². The van der Waals surface area contributed by atoms with Gasteiger partial charge < -0.3 is 15.5 Å². The first-order valence-corrected chi connectivity index (χ1v) is 15.6. The van der Waals surface area contributed by atoms with Crippen LogP contribution in [0.1, 0.15) is 19.3 Å². The SMILES string of the molecule is O=C(Nc1ccc(-n2cnc3cc(NCCCN4CCCC4)ccc3c2=O)c(Cl)c1)NS(=O)(=O)c1ccc(Cl)s1. The zero-order valence-electron chi connectivity index (χ0n) is 21.2. The number of carbonyl (C=O) groups is 1. The van der Waals surface area contributed by atoms with Crippen LogP contribution in [0.3, 0.4) is 0 Å². The lowest BCUT2D eigenvalue weighted by Gasteiger charge is -2.15. The summed E-state index contributed by atoms with van der Waals surface area (Å²) in [6.07, 6.45) is 5.01. The van der Waals surface area contributed by atoms with E-state index in [4.69, 9.17) is 23.2 Å². The Morgan fingerprint density at radius 1 is 1.02 bits per heavy atom. The molecule has 4 aromatic rings. The topological polar surface area (TPSA) is 125 Å². The standard InChI is InChI=1S/C26H26Cl2N6O4S2/c27-20-14-18(31-26(36)32-40(37,38)24-9-8-23(28)39-24)5-7-22(20)34-16-30-21-15-17(4-6-19(21)25(34)35)29-10-3-13-33-11-1-2-12-33/h4-9,14-16,29H,1-3,10-13H2,(H2,31,32,36). The number of urea groups is 1. The second-order valence-corrected chi connectivity index (χ2v) is 13.3. The average molecular weight is 622 g/mol. The molecule has 1 aliphatic rings. The molecule has 0 saturated carbocycles. The molecule has 1 saturated heterocycles. The molecule has 10 nitrogen and oxygen atoms in total. The molecule has 0 spiro atoms. The smallest absolute Gasteiger partial charge is 0.333 e. The minimum Gasteiger partial charge on any atom is -0.385 e. The van der Waals surface area contributed by atoms with Crippen molar-refractivity contribution < 1.29 is 13.2 Å². The number of thiophene rings is 1. The molecule has 210 valence electrons. The highest BCUT2D eigenvalue weighted by Crippen LogP contribution is 2.26. The normalized spacial score (nSPS) is 13.9. The van der Waals surface area contributed by atoms with Crippen LogP contribution in [0.25, 0.3) is 16.6 Å². The molecule has 3 N–H and O–H groups in total. The number of nitrogens with one attached hydrogen (secondary N) is 3. The average Bonchev–Trinajstić information content (AvgIpc) is 3.59. The lowest BCUT2D eigenvalue weighted by atomic mass is 10.2. The Balaban J connectivity index is 1.25. The van der Waals surface area contributed by atoms with E-state index >= 15 is 0 Å². The number of likely N-dealkylation sites (tertiary alicyclic amines) is 1. The number of aromatic nitrogens is 2. The predicted molar refractivity (Wildman–Crippen MR) is 160 cm³/mol. The Morgan fingerprint density at radius 2 is 1.80 bits per heavy atom. The maximum atomic E-state index is 13.2. The Bertz CT molecular complexity index is 1720. The highest BCUT2D eigenvalue weighted by atomic mass is 35.5. The molecule has 1 fully saturated rings. The van der Waals surface area contributed by atoms with Crippen LogP contribution in [0, 0.1) is 0 Å². The summed E-state index contributed by atoms with van der Waals surface area (Å²) in [5, 5.41) is 6.42. The quantitative estimate of drug-likeness (QED) is 0.221. The summed E-state index contributed by atoms with van der Waals surface area (Å²) in [6.45, 7) is 4.27. The minimum absolute atomic E-state index is 0.0929. The highest BCUT2D eigenvalue weighted by molar-refractivity contribution is 7.92. The van der Waals surface area contributed by atoms with Crippen LogP contribution in [0.15, 0.2) is 63.9 Å². The van der Waals surface area contributed by atoms with E-state index in [1.807, 2.05) is 16.9 Å². The van der Waals surface area contributed by atoms with E-state index in [-0.39, 0.29) is 24.8 Å². The van der Waals surface area contributed by atoms with E-state index in [1.54, 1.807) is 6.07 Å². The van der Waals surface area contributed by atoms with Crippen LogP contribution >= 0.6 is 34.5 Å². The number of hydrogen-bond donors (Lipinski definition) is 3. The summed E-state index contributed by atoms with van der Waals surface area (Å²) in [5.74, 6) is 0. The van der Waals surface area contributed by atoms with E-state index in [2.05, 4.69) is 20.5 Å². The Labute approximate surface area is 245 Å². The second-order valence-electron chi connectivity index (χ2n) is 9.27. The van der Waals surface area contributed by atoms with Crippen molar-refractivity contribution in [2.45, 2.75) is 23.5 Å². The number of nitrogens with zero attached hydrogens (tertiary/aromatic N) is 3. The van der Waals surface area contributed by atoms with Crippen LogP contribution in [0.5, 0.6) is 0 Å². The van der Waals surface area contributed by atoms with Crippen molar-refractivity contribution in [3.05, 3.63) is 74.6 Å². The van der Waals surface area contributed by atoms with Gasteiger partial charge in [-0.1, -0.05) is 23.2 Å². The molecule has 0 aliphatic carbocycles. The largest absolute Gasteiger partial charge is 0.385 e. The summed E-state index contributed by atoms with van der Waals surface area (Å²) in [4.78, 5) is 32.5. The predicted octanol–water partition coefficient (Wildman–Crippen LogP) is 5.16. The summed E-state index contributed by atoms with van der Waals surface area (Å²) in [7, 11) is -4.08. The molecule has 2 amide bonds. The number of carbonyl (C=O) groups excluding carboxylic acids is 1. The number of anilines is 2. The molecular formula is C26H26Cl2N6O4S2. The van der Waals surface area contributed by atoms with Gasteiger partial charge in [0.1, 0.15) is 10.5 Å². The molecule has 2 aromatic carbocycles. The lowest BCUT2D eigenvalue weighted by molar-refractivity contribution is 0.256. The number of sulfonamides is 1. The van der Waals surface area contributed by atoms with Crippen LogP contribution in [0.2, 0.25) is 9.36 Å². The Hall–Kier alpha value is -3.16. The Kier molecular flexibility index (Phi) is 8.62. The lowest BCUT2D eigenvalue weighted by Crippen LogP contribution is -2.33. The number of amides is 2. The zero-order chi connectivity index (χ0) is 28.3. The van der Waals surface area contributed by atoms with Gasteiger partial charge in [0.05, 0.1) is 25.9 Å². The first-order chi connectivity index (χ1) is 19.2. The maximum Gasteiger partial charge on any atom is 0.333 e. The third-order valence-electron chi connectivity index (χ3n) is 6.44. The Morgan fingerprint density at radius 3 is 2.52 bits per heavy atom. The zero-order valence-corrected chi connectivity index (χ0v) is 24.3. The maximum absolute atomic E-state index is 13.2. The van der Waals surface area contributed by atoms with E-state index in [9.17, 15) is 18.0 Å². The van der Waals surface area contributed by atoms with Crippen molar-refractivity contribution in [3.63, 3.8) is 0 Å². The van der Waals surface area contributed by atoms with Crippen LogP contribution in [-0.2, 0) is 10.0 Å². The first kappa shape index (κ1) is 28.4. The summed E-state index contributed by atoms with van der Waals surface area (Å²) < 4.78 is 28.1. The van der Waals surface area contributed by atoms with E-state index in [0.29, 0.717) is 16.6 Å². The second kappa shape index (κ2) is 12.1. The van der Waals surface area contributed by atoms with Crippen molar-refractivity contribution in [2.24, 2.45) is 0 Å². The van der Waals surface area contributed by atoms with Gasteiger partial charge in [0, 0.05) is 17.9 Å². The van der Waals surface area contributed by atoms with Gasteiger partial charge in [0.2, 0.25) is 0 Å². The van der Waals surface area contributed by atoms with Gasteiger partial charge in [0.15, 0.2) is 0 Å². The molecular weight excluding hydrogens is 595 g/mol. The van der Waals surface area contributed by atoms with Crippen LogP contribution < -0.4 is 20.9 Å². The fourth-order valence-corrected chi connectivity index (χ4v) is 7.16. The van der Waals surface area contributed by atoms with Crippen molar-refractivity contribution >= 4 is 72.9 Å². The fraction of sp³-hybridized carbons (Fsp3) is 0.269. The van der Waals surface area contributed by atoms with Crippen molar-refractivity contribution in [2.75, 3.05) is 36.8 Å². The molecule has 5 rings (SSSR count). The number of rotatable bonds is 9. The molecule has 2 aromatic heterocycles. The number of halogens is 2. The number of fused-ring (bicyclic) bond motifs is 1. The van der Waals surface area contributed by atoms with E-state index in [0.717, 1.165) is 36.5 Å². The van der Waals surface area contributed by atoms with E-state index in [1.165, 1.54) is 67.2 Å². The van der Waals surface area contributed by atoms with Gasteiger partial charge in [-0.15, -0.1) is 11.3 Å². The van der Waals surface area contributed by atoms with Gasteiger partial charge in [0.25, 0.3) is 15.6 Å². The minimum atomic E-state index is -4.08. The molecule has 0 unspecified atom stereocenters. The monoisotopic (exact) mass is 620 g/mol. The highest BCUT2D eigenvalue weighted by Gasteiger charge is 2.20. The third-order valence-corrected chi connectivity index (χ3v) is 9.80. The third kappa shape index (κ3) is 6.58. The number of hydrogen-bond acceptors (Lipinski definition) is 8. The van der Waals surface area contributed by atoms with Crippen LogP contribution in [-0.4, -0.2) is 55.1 Å². The van der Waals surface area contributed by atoms with Gasteiger partial charge in [-0.3, -0.25) is 9.36 Å². The van der Waals surface area contributed by atoms with E-state index < -0.39 is 16.1 Å². The molecule has 0 atom stereocenters. The van der Waals surface area contributed by atoms with Crippen molar-refractivity contribution in [1.82, 2.24) is 19.2 Å². The van der Waals surface area contributed by atoms with Gasteiger partial charge in [-0.2, -0.15) is 0 Å². The summed E-state index contributed by atoms with van der Waals surface area (Å²) >= 11 is 13.1. The molecule has 40 heavy (non-hydrogen) atoms. The molecule has 3 heterocycles. The van der Waals surface area contributed by atoms with Crippen LogP contribution in [0.4, 0.5) is 16.2 Å². The molecule has 0 radical (unpaired) electrons. The molecule has 1 aliphatic heterocycles. The first-order valence-electron chi connectivity index (χ1n) is 12.6. The summed E-state index contributed by atoms with van der Waals surface area (Å²) in [5.41, 5.74) is 1.75. The van der Waals surface area contributed by atoms with Crippen molar-refractivity contribution in [3.8, 4) is 5.69 Å². The molecule has 14 heteroatoms.